The highest BCUT2D eigenvalue weighted by Crippen LogP contribution is 2.32. The molecular weight excluding hydrogens is 396 g/mol. The van der Waals surface area contributed by atoms with Gasteiger partial charge in [0.25, 0.3) is 5.91 Å². The summed E-state index contributed by atoms with van der Waals surface area (Å²) < 4.78 is 25.5. The minimum atomic E-state index is -3.21. The largest absolute Gasteiger partial charge is 0.321 e. The molecule has 3 heterocycles. The molecule has 1 amide bonds. The number of fused-ring (bicyclic) bond motifs is 1. The first-order chi connectivity index (χ1) is 13.3. The summed E-state index contributed by atoms with van der Waals surface area (Å²) in [5, 5.41) is 3.81. The number of hydrogen-bond donors (Lipinski definition) is 1. The van der Waals surface area contributed by atoms with Crippen molar-refractivity contribution in [2.75, 3.05) is 21.9 Å². The lowest BCUT2D eigenvalue weighted by molar-refractivity contribution is 0.103. The van der Waals surface area contributed by atoms with Gasteiger partial charge in [-0.15, -0.1) is 11.3 Å². The van der Waals surface area contributed by atoms with Crippen LogP contribution in [0.15, 0.2) is 24.3 Å². The van der Waals surface area contributed by atoms with Crippen molar-refractivity contribution in [2.24, 2.45) is 0 Å². The monoisotopic (exact) mass is 416 g/mol. The van der Waals surface area contributed by atoms with E-state index in [4.69, 9.17) is 0 Å². The lowest BCUT2D eigenvalue weighted by Gasteiger charge is -2.17. The third-order valence-electron chi connectivity index (χ3n) is 4.80. The highest BCUT2D eigenvalue weighted by molar-refractivity contribution is 7.93. The number of hydrogen-bond acceptors (Lipinski definition) is 6. The van der Waals surface area contributed by atoms with Crippen LogP contribution in [0.25, 0.3) is 10.2 Å². The van der Waals surface area contributed by atoms with Crippen LogP contribution in [0.2, 0.25) is 0 Å². The van der Waals surface area contributed by atoms with Crippen LogP contribution in [0.3, 0.4) is 0 Å². The zero-order valence-electron chi connectivity index (χ0n) is 15.8. The fraction of sp³-hybridized carbons (Fsp3) is 0.316. The number of carbonyl (C=O) groups excluding carboxylic acids is 1. The van der Waals surface area contributed by atoms with Gasteiger partial charge in [0.05, 0.1) is 16.3 Å². The minimum Gasteiger partial charge on any atom is -0.321 e. The van der Waals surface area contributed by atoms with Crippen LogP contribution in [-0.4, -0.2) is 36.6 Å². The van der Waals surface area contributed by atoms with Gasteiger partial charge in [-0.3, -0.25) is 9.10 Å². The molecule has 0 radical (unpaired) electrons. The van der Waals surface area contributed by atoms with Gasteiger partial charge in [-0.05, 0) is 57.0 Å². The standard InChI is InChI=1S/C19H20N4O3S2/c1-11-16-12(2)20-13(3)21-19(16)27-17(11)18(24)22-14-5-7-15(8-6-14)23-9-4-10-28(23,25)26/h5-8H,4,9-10H2,1-3H3,(H,22,24). The molecule has 0 atom stereocenters. The molecule has 0 saturated carbocycles. The number of thiophene rings is 1. The molecule has 0 spiro atoms. The van der Waals surface area contributed by atoms with Gasteiger partial charge < -0.3 is 5.32 Å². The van der Waals surface area contributed by atoms with Gasteiger partial charge in [0.2, 0.25) is 10.0 Å². The van der Waals surface area contributed by atoms with Crippen molar-refractivity contribution in [3.8, 4) is 0 Å². The van der Waals surface area contributed by atoms with E-state index in [0.717, 1.165) is 21.5 Å². The number of carbonyl (C=O) groups is 1. The lowest BCUT2D eigenvalue weighted by atomic mass is 10.1. The second-order valence-electron chi connectivity index (χ2n) is 6.84. The average molecular weight is 417 g/mol. The van der Waals surface area contributed by atoms with Gasteiger partial charge in [0, 0.05) is 23.3 Å². The maximum Gasteiger partial charge on any atom is 0.266 e. The number of aryl methyl sites for hydroxylation is 3. The summed E-state index contributed by atoms with van der Waals surface area (Å²) in [7, 11) is -3.21. The topological polar surface area (TPSA) is 92.3 Å². The number of benzene rings is 1. The number of nitrogens with one attached hydrogen (secondary N) is 1. The summed E-state index contributed by atoms with van der Waals surface area (Å²) >= 11 is 1.35. The smallest absolute Gasteiger partial charge is 0.266 e. The van der Waals surface area contributed by atoms with Gasteiger partial charge >= 0.3 is 0 Å². The molecule has 1 N–H and O–H groups in total. The van der Waals surface area contributed by atoms with Gasteiger partial charge in [-0.25, -0.2) is 18.4 Å². The summed E-state index contributed by atoms with van der Waals surface area (Å²) in [5.74, 6) is 0.656. The second kappa shape index (κ2) is 6.82. The molecule has 2 aromatic heterocycles. The van der Waals surface area contributed by atoms with E-state index in [1.165, 1.54) is 15.6 Å². The normalized spacial score (nSPS) is 15.9. The zero-order chi connectivity index (χ0) is 20.1. The van der Waals surface area contributed by atoms with Crippen molar-refractivity contribution in [2.45, 2.75) is 27.2 Å². The van der Waals surface area contributed by atoms with Crippen LogP contribution in [0.1, 0.15) is 33.2 Å². The van der Waals surface area contributed by atoms with Crippen LogP contribution < -0.4 is 9.62 Å². The molecule has 7 nitrogen and oxygen atoms in total. The summed E-state index contributed by atoms with van der Waals surface area (Å²) in [6, 6.07) is 6.88. The highest BCUT2D eigenvalue weighted by Gasteiger charge is 2.28. The first kappa shape index (κ1) is 18.8. The third kappa shape index (κ3) is 3.24. The minimum absolute atomic E-state index is 0.179. The SMILES string of the molecule is Cc1nc(C)c2c(C)c(C(=O)Nc3ccc(N4CCCS4(=O)=O)cc3)sc2n1. The molecule has 1 saturated heterocycles. The summed E-state index contributed by atoms with van der Waals surface area (Å²) in [4.78, 5) is 23.0. The number of sulfonamides is 1. The Kier molecular flexibility index (Phi) is 4.59. The number of anilines is 2. The van der Waals surface area contributed by atoms with E-state index in [-0.39, 0.29) is 11.7 Å². The van der Waals surface area contributed by atoms with Crippen LogP contribution in [0.4, 0.5) is 11.4 Å². The maximum absolute atomic E-state index is 12.8. The summed E-state index contributed by atoms with van der Waals surface area (Å²) in [5.41, 5.74) is 2.97. The number of nitrogens with zero attached hydrogens (tertiary/aromatic N) is 3. The molecule has 0 unspecified atom stereocenters. The quantitative estimate of drug-likeness (QED) is 0.706. The third-order valence-corrected chi connectivity index (χ3v) is 7.86. The summed E-state index contributed by atoms with van der Waals surface area (Å²) in [6.07, 6.45) is 0.633. The molecule has 9 heteroatoms. The second-order valence-corrected chi connectivity index (χ2v) is 9.85. The Bertz CT molecular complexity index is 1180. The van der Waals surface area contributed by atoms with E-state index in [1.54, 1.807) is 24.3 Å². The molecule has 0 aliphatic carbocycles. The predicted molar refractivity (Wildman–Crippen MR) is 112 cm³/mol. The molecule has 0 bridgehead atoms. The molecular formula is C19H20N4O3S2. The summed E-state index contributed by atoms with van der Waals surface area (Å²) in [6.45, 7) is 6.16. The van der Waals surface area contributed by atoms with Crippen LogP contribution >= 0.6 is 11.3 Å². The molecule has 1 aromatic carbocycles. The first-order valence-corrected chi connectivity index (χ1v) is 11.3. The Morgan fingerprint density at radius 2 is 1.86 bits per heavy atom. The van der Waals surface area contributed by atoms with Gasteiger partial charge in [-0.2, -0.15) is 0 Å². The Balaban J connectivity index is 1.58. The van der Waals surface area contributed by atoms with E-state index in [2.05, 4.69) is 15.3 Å². The van der Waals surface area contributed by atoms with E-state index in [0.29, 0.717) is 35.0 Å². The van der Waals surface area contributed by atoms with Crippen molar-refractivity contribution in [3.63, 3.8) is 0 Å². The first-order valence-electron chi connectivity index (χ1n) is 8.92. The number of rotatable bonds is 3. The Labute approximate surface area is 167 Å². The van der Waals surface area contributed by atoms with Crippen LogP contribution in [0, 0.1) is 20.8 Å². The molecule has 1 fully saturated rings. The molecule has 28 heavy (non-hydrogen) atoms. The van der Waals surface area contributed by atoms with Crippen LogP contribution in [-0.2, 0) is 10.0 Å². The Morgan fingerprint density at radius 1 is 1.14 bits per heavy atom. The van der Waals surface area contributed by atoms with Gasteiger partial charge in [0.1, 0.15) is 10.7 Å². The zero-order valence-corrected chi connectivity index (χ0v) is 17.4. The Hall–Kier alpha value is -2.52. The van der Waals surface area contributed by atoms with E-state index < -0.39 is 10.0 Å². The van der Waals surface area contributed by atoms with Gasteiger partial charge in [0.15, 0.2) is 0 Å². The molecule has 4 rings (SSSR count). The predicted octanol–water partition coefficient (Wildman–Crippen LogP) is 3.41. The van der Waals surface area contributed by atoms with Gasteiger partial charge in [-0.1, -0.05) is 0 Å². The maximum atomic E-state index is 12.8. The Morgan fingerprint density at radius 3 is 2.50 bits per heavy atom. The number of aromatic nitrogens is 2. The average Bonchev–Trinajstić information content (AvgIpc) is 3.14. The lowest BCUT2D eigenvalue weighted by Crippen LogP contribution is -2.24. The van der Waals surface area contributed by atoms with Crippen molar-refractivity contribution in [3.05, 3.63) is 46.2 Å². The molecule has 1 aliphatic rings. The highest BCUT2D eigenvalue weighted by atomic mass is 32.2. The van der Waals surface area contributed by atoms with Crippen molar-refractivity contribution in [1.82, 2.24) is 9.97 Å². The fourth-order valence-electron chi connectivity index (χ4n) is 3.52. The van der Waals surface area contributed by atoms with Crippen molar-refractivity contribution < 1.29 is 13.2 Å². The fourth-order valence-corrected chi connectivity index (χ4v) is 6.26. The van der Waals surface area contributed by atoms with E-state index >= 15 is 0 Å². The van der Waals surface area contributed by atoms with E-state index in [1.807, 2.05) is 20.8 Å². The van der Waals surface area contributed by atoms with Crippen molar-refractivity contribution in [1.29, 1.82) is 0 Å². The van der Waals surface area contributed by atoms with Crippen molar-refractivity contribution >= 4 is 48.9 Å². The van der Waals surface area contributed by atoms with E-state index in [9.17, 15) is 13.2 Å². The van der Waals surface area contributed by atoms with Crippen LogP contribution in [0.5, 0.6) is 0 Å². The number of amides is 1. The molecule has 146 valence electrons. The molecule has 1 aliphatic heterocycles. The molecule has 3 aromatic rings.